The fourth-order valence-electron chi connectivity index (χ4n) is 1.30. The Morgan fingerprint density at radius 2 is 2.17 bits per heavy atom. The van der Waals surface area contributed by atoms with Crippen molar-refractivity contribution in [1.29, 1.82) is 0 Å². The Bertz CT molecular complexity index is 572. The van der Waals surface area contributed by atoms with Crippen molar-refractivity contribution < 1.29 is 18.3 Å². The van der Waals surface area contributed by atoms with Crippen LogP contribution in [0.25, 0.3) is 0 Å². The van der Waals surface area contributed by atoms with Gasteiger partial charge >= 0.3 is 5.97 Å². The number of hydrogen-bond acceptors (Lipinski definition) is 5. The molecule has 0 saturated heterocycles. The number of nitrogens with zero attached hydrogens (tertiary/aromatic N) is 1. The van der Waals surface area contributed by atoms with Crippen molar-refractivity contribution in [3.63, 3.8) is 0 Å². The number of anilines is 1. The van der Waals surface area contributed by atoms with Crippen LogP contribution in [0.15, 0.2) is 5.38 Å². The Morgan fingerprint density at radius 3 is 2.67 bits per heavy atom. The lowest BCUT2D eigenvalue weighted by atomic mass is 9.91. The Hall–Kier alpha value is -1.15. The van der Waals surface area contributed by atoms with Crippen LogP contribution < -0.4 is 4.72 Å². The summed E-state index contributed by atoms with van der Waals surface area (Å²) in [4.78, 5) is 15.1. The van der Waals surface area contributed by atoms with Gasteiger partial charge in [0.05, 0.1) is 10.9 Å². The Balaban J connectivity index is 2.18. The molecule has 2 rings (SSSR count). The molecule has 8 heteroatoms. The van der Waals surface area contributed by atoms with E-state index in [1.165, 1.54) is 13.8 Å². The van der Waals surface area contributed by atoms with Crippen LogP contribution in [0.2, 0.25) is 0 Å². The van der Waals surface area contributed by atoms with Crippen molar-refractivity contribution in [3.8, 4) is 0 Å². The summed E-state index contributed by atoms with van der Waals surface area (Å²) in [5.74, 6) is -0.996. The molecule has 0 amide bonds. The smallest absolute Gasteiger partial charge is 0.315 e. The maximum Gasteiger partial charge on any atom is 0.315 e. The number of rotatable bonds is 5. The van der Waals surface area contributed by atoms with Gasteiger partial charge in [0.15, 0.2) is 5.13 Å². The van der Waals surface area contributed by atoms with Crippen LogP contribution in [0, 0.1) is 0 Å². The topological polar surface area (TPSA) is 96.4 Å². The van der Waals surface area contributed by atoms with E-state index in [4.69, 9.17) is 5.11 Å². The molecule has 0 aliphatic heterocycles. The highest BCUT2D eigenvalue weighted by Crippen LogP contribution is 2.32. The van der Waals surface area contributed by atoms with Crippen LogP contribution >= 0.6 is 11.3 Å². The lowest BCUT2D eigenvalue weighted by Gasteiger charge is -2.15. The lowest BCUT2D eigenvalue weighted by Crippen LogP contribution is -2.29. The minimum Gasteiger partial charge on any atom is -0.481 e. The summed E-state index contributed by atoms with van der Waals surface area (Å²) < 4.78 is 25.8. The summed E-state index contributed by atoms with van der Waals surface area (Å²) in [6.45, 7) is 3.06. The van der Waals surface area contributed by atoms with Crippen LogP contribution in [0.5, 0.6) is 0 Å². The second kappa shape index (κ2) is 4.20. The maximum absolute atomic E-state index is 11.7. The average molecular weight is 290 g/mol. The molecule has 1 aliphatic rings. The Kier molecular flexibility index (Phi) is 3.10. The van der Waals surface area contributed by atoms with Crippen LogP contribution in [-0.4, -0.2) is 29.7 Å². The van der Waals surface area contributed by atoms with Crippen molar-refractivity contribution in [1.82, 2.24) is 4.98 Å². The SMILES string of the molecule is CC(C)(C(=O)O)c1csc(NS(=O)(=O)C2CC2)n1. The summed E-state index contributed by atoms with van der Waals surface area (Å²) >= 11 is 1.10. The summed E-state index contributed by atoms with van der Waals surface area (Å²) in [6.07, 6.45) is 1.35. The minimum absolute atomic E-state index is 0.228. The molecule has 18 heavy (non-hydrogen) atoms. The summed E-state index contributed by atoms with van der Waals surface area (Å²) in [7, 11) is -3.34. The van der Waals surface area contributed by atoms with Crippen LogP contribution in [0.3, 0.4) is 0 Å². The Morgan fingerprint density at radius 1 is 1.56 bits per heavy atom. The molecule has 100 valence electrons. The second-order valence-electron chi connectivity index (χ2n) is 4.81. The van der Waals surface area contributed by atoms with E-state index in [1.807, 2.05) is 0 Å². The molecule has 1 aromatic heterocycles. The number of carboxylic acids is 1. The molecule has 1 aliphatic carbocycles. The van der Waals surface area contributed by atoms with Crippen molar-refractivity contribution in [3.05, 3.63) is 11.1 Å². The number of thiazole rings is 1. The molecule has 1 aromatic rings. The predicted octanol–water partition coefficient (Wildman–Crippen LogP) is 1.41. The average Bonchev–Trinajstić information content (AvgIpc) is 3.00. The first-order valence-electron chi connectivity index (χ1n) is 5.44. The zero-order chi connectivity index (χ0) is 13.6. The Labute approximate surface area is 109 Å². The quantitative estimate of drug-likeness (QED) is 0.854. The standard InChI is InChI=1S/C10H14N2O4S2/c1-10(2,8(13)14)7-5-17-9(11-7)12-18(15,16)6-3-4-6/h5-6H,3-4H2,1-2H3,(H,11,12)(H,13,14). The lowest BCUT2D eigenvalue weighted by molar-refractivity contribution is -0.142. The second-order valence-corrected chi connectivity index (χ2v) is 7.63. The summed E-state index contributed by atoms with van der Waals surface area (Å²) in [5.41, 5.74) is -0.770. The highest BCUT2D eigenvalue weighted by Gasteiger charge is 2.37. The molecule has 1 fully saturated rings. The predicted molar refractivity (Wildman–Crippen MR) is 68.3 cm³/mol. The normalized spacial score (nSPS) is 16.6. The van der Waals surface area contributed by atoms with Crippen LogP contribution in [-0.2, 0) is 20.2 Å². The fraction of sp³-hybridized carbons (Fsp3) is 0.600. The van der Waals surface area contributed by atoms with Gasteiger partial charge < -0.3 is 5.11 Å². The van der Waals surface area contributed by atoms with Crippen LogP contribution in [0.4, 0.5) is 5.13 Å². The van der Waals surface area contributed by atoms with Gasteiger partial charge in [-0.25, -0.2) is 13.4 Å². The monoisotopic (exact) mass is 290 g/mol. The third kappa shape index (κ3) is 2.49. The maximum atomic E-state index is 11.7. The van der Waals surface area contributed by atoms with Crippen molar-refractivity contribution in [2.75, 3.05) is 4.72 Å². The number of carboxylic acid groups (broad SMARTS) is 1. The van der Waals surface area contributed by atoms with E-state index in [1.54, 1.807) is 5.38 Å². The highest BCUT2D eigenvalue weighted by atomic mass is 32.2. The molecular formula is C10H14N2O4S2. The summed E-state index contributed by atoms with van der Waals surface area (Å²) in [5, 5.41) is 10.5. The molecule has 2 N–H and O–H groups in total. The highest BCUT2D eigenvalue weighted by molar-refractivity contribution is 7.93. The summed E-state index contributed by atoms with van der Waals surface area (Å²) in [6, 6.07) is 0. The number of aliphatic carboxylic acids is 1. The number of carbonyl (C=O) groups is 1. The molecular weight excluding hydrogens is 276 g/mol. The van der Waals surface area contributed by atoms with Crippen molar-refractivity contribution in [2.24, 2.45) is 0 Å². The van der Waals surface area contributed by atoms with E-state index < -0.39 is 21.4 Å². The first-order valence-corrected chi connectivity index (χ1v) is 7.87. The van der Waals surface area contributed by atoms with E-state index in [2.05, 4.69) is 9.71 Å². The van der Waals surface area contributed by atoms with E-state index in [0.29, 0.717) is 18.5 Å². The minimum atomic E-state index is -3.34. The molecule has 0 spiro atoms. The molecule has 6 nitrogen and oxygen atoms in total. The van der Waals surface area contributed by atoms with Gasteiger partial charge in [-0.15, -0.1) is 11.3 Å². The van der Waals surface area contributed by atoms with Gasteiger partial charge in [-0.3, -0.25) is 9.52 Å². The van der Waals surface area contributed by atoms with Crippen LogP contribution in [0.1, 0.15) is 32.4 Å². The zero-order valence-corrected chi connectivity index (χ0v) is 11.6. The largest absolute Gasteiger partial charge is 0.481 e. The van der Waals surface area contributed by atoms with E-state index in [-0.39, 0.29) is 10.4 Å². The first kappa shape index (κ1) is 13.3. The van der Waals surface area contributed by atoms with E-state index >= 15 is 0 Å². The van der Waals surface area contributed by atoms with Gasteiger partial charge in [-0.2, -0.15) is 0 Å². The molecule has 0 aromatic carbocycles. The molecule has 0 atom stereocenters. The van der Waals surface area contributed by atoms with E-state index in [0.717, 1.165) is 11.3 Å². The van der Waals surface area contributed by atoms with Gasteiger partial charge in [-0.05, 0) is 26.7 Å². The zero-order valence-electron chi connectivity index (χ0n) is 10.0. The number of aromatic nitrogens is 1. The third-order valence-electron chi connectivity index (χ3n) is 2.87. The van der Waals surface area contributed by atoms with Crippen molar-refractivity contribution >= 4 is 32.5 Å². The molecule has 0 unspecified atom stereocenters. The van der Waals surface area contributed by atoms with Gasteiger partial charge in [0.25, 0.3) is 0 Å². The third-order valence-corrected chi connectivity index (χ3v) is 5.59. The van der Waals surface area contributed by atoms with Gasteiger partial charge in [0.2, 0.25) is 10.0 Å². The molecule has 1 heterocycles. The first-order chi connectivity index (χ1) is 8.23. The van der Waals surface area contributed by atoms with Gasteiger partial charge in [-0.1, -0.05) is 0 Å². The number of nitrogens with one attached hydrogen (secondary N) is 1. The number of sulfonamides is 1. The van der Waals surface area contributed by atoms with E-state index in [9.17, 15) is 13.2 Å². The molecule has 0 radical (unpaired) electrons. The fourth-order valence-corrected chi connectivity index (χ4v) is 3.78. The van der Waals surface area contributed by atoms with Crippen molar-refractivity contribution in [2.45, 2.75) is 37.4 Å². The number of hydrogen-bond donors (Lipinski definition) is 2. The molecule has 0 bridgehead atoms. The molecule has 1 saturated carbocycles. The van der Waals surface area contributed by atoms with Gasteiger partial charge in [0, 0.05) is 5.38 Å². The van der Waals surface area contributed by atoms with Gasteiger partial charge in [0.1, 0.15) is 5.41 Å².